The highest BCUT2D eigenvalue weighted by Gasteiger charge is 2.21. The second-order valence-corrected chi connectivity index (χ2v) is 5.94. The molecule has 0 saturated carbocycles. The van der Waals surface area contributed by atoms with Gasteiger partial charge in [-0.3, -0.25) is 0 Å². The van der Waals surface area contributed by atoms with Crippen LogP contribution in [0.5, 0.6) is 5.75 Å². The third-order valence-electron chi connectivity index (χ3n) is 4.69. The van der Waals surface area contributed by atoms with E-state index in [0.717, 1.165) is 12.2 Å². The van der Waals surface area contributed by atoms with Gasteiger partial charge in [0.2, 0.25) is 0 Å². The van der Waals surface area contributed by atoms with Gasteiger partial charge in [-0.2, -0.15) is 0 Å². The number of benzene rings is 1. The van der Waals surface area contributed by atoms with Gasteiger partial charge in [0.25, 0.3) is 0 Å². The van der Waals surface area contributed by atoms with Crippen LogP contribution in [-0.4, -0.2) is 19.7 Å². The molecule has 1 aromatic rings. The van der Waals surface area contributed by atoms with E-state index in [-0.39, 0.29) is 0 Å². The maximum atomic E-state index is 5.63. The van der Waals surface area contributed by atoms with Gasteiger partial charge in [-0.1, -0.05) is 12.5 Å². The van der Waals surface area contributed by atoms with E-state index in [1.165, 1.54) is 57.1 Å². The van der Waals surface area contributed by atoms with Gasteiger partial charge in [0.15, 0.2) is 0 Å². The zero-order chi connectivity index (χ0) is 13.1. The number of hydrogen-bond acceptors (Lipinski definition) is 2. The Labute approximate surface area is 116 Å². The minimum absolute atomic E-state index is 0.649. The summed E-state index contributed by atoms with van der Waals surface area (Å²) in [5, 5.41) is 3.67. The molecule has 1 fully saturated rings. The van der Waals surface area contributed by atoms with E-state index in [1.807, 2.05) is 7.11 Å². The van der Waals surface area contributed by atoms with Crippen LogP contribution in [-0.2, 0) is 19.3 Å². The van der Waals surface area contributed by atoms with Crippen LogP contribution in [0.25, 0.3) is 0 Å². The molecule has 0 radical (unpaired) electrons. The van der Waals surface area contributed by atoms with Crippen molar-refractivity contribution >= 4 is 0 Å². The van der Waals surface area contributed by atoms with E-state index in [2.05, 4.69) is 17.4 Å². The summed E-state index contributed by atoms with van der Waals surface area (Å²) in [7, 11) is 1.81. The zero-order valence-corrected chi connectivity index (χ0v) is 12.0. The summed E-state index contributed by atoms with van der Waals surface area (Å²) in [5.41, 5.74) is 4.65. The second-order valence-electron chi connectivity index (χ2n) is 5.94. The van der Waals surface area contributed by atoms with Crippen LogP contribution in [0.4, 0.5) is 0 Å². The Morgan fingerprint density at radius 2 is 2.05 bits per heavy atom. The SMILES string of the molecule is COc1ccc2c(c1CC1CCCCN1)CCCC2. The van der Waals surface area contributed by atoms with Crippen molar-refractivity contribution in [3.63, 3.8) is 0 Å². The smallest absolute Gasteiger partial charge is 0.122 e. The van der Waals surface area contributed by atoms with Crippen LogP contribution in [0.1, 0.15) is 48.8 Å². The van der Waals surface area contributed by atoms with E-state index >= 15 is 0 Å². The summed E-state index contributed by atoms with van der Waals surface area (Å²) in [6, 6.07) is 5.11. The molecular formula is C17H25NO. The van der Waals surface area contributed by atoms with Crippen LogP contribution in [0.3, 0.4) is 0 Å². The fourth-order valence-electron chi connectivity index (χ4n) is 3.64. The van der Waals surface area contributed by atoms with Crippen LogP contribution >= 0.6 is 0 Å². The number of nitrogens with one attached hydrogen (secondary N) is 1. The molecule has 1 atom stereocenters. The molecule has 2 nitrogen and oxygen atoms in total. The average Bonchev–Trinajstić information content (AvgIpc) is 2.49. The highest BCUT2D eigenvalue weighted by Crippen LogP contribution is 2.32. The first-order valence-corrected chi connectivity index (χ1v) is 7.79. The fraction of sp³-hybridized carbons (Fsp3) is 0.647. The Kier molecular flexibility index (Phi) is 4.07. The molecular weight excluding hydrogens is 234 g/mol. The van der Waals surface area contributed by atoms with Gasteiger partial charge in [0.1, 0.15) is 5.75 Å². The molecule has 1 aromatic carbocycles. The Morgan fingerprint density at radius 3 is 2.84 bits per heavy atom. The van der Waals surface area contributed by atoms with Crippen LogP contribution in [0.15, 0.2) is 12.1 Å². The molecule has 3 rings (SSSR count). The fourth-order valence-corrected chi connectivity index (χ4v) is 3.64. The van der Waals surface area contributed by atoms with E-state index in [0.29, 0.717) is 6.04 Å². The summed E-state index contributed by atoms with van der Waals surface area (Å²) < 4.78 is 5.63. The molecule has 1 saturated heterocycles. The van der Waals surface area contributed by atoms with Gasteiger partial charge in [0.05, 0.1) is 7.11 Å². The number of rotatable bonds is 3. The van der Waals surface area contributed by atoms with E-state index in [4.69, 9.17) is 4.74 Å². The van der Waals surface area contributed by atoms with Crippen molar-refractivity contribution in [1.29, 1.82) is 0 Å². The van der Waals surface area contributed by atoms with Gasteiger partial charge in [0, 0.05) is 6.04 Å². The van der Waals surface area contributed by atoms with Crippen molar-refractivity contribution in [3.8, 4) is 5.75 Å². The molecule has 0 aromatic heterocycles. The third-order valence-corrected chi connectivity index (χ3v) is 4.69. The second kappa shape index (κ2) is 5.96. The number of hydrogen-bond donors (Lipinski definition) is 1. The minimum Gasteiger partial charge on any atom is -0.496 e. The summed E-state index contributed by atoms with van der Waals surface area (Å²) >= 11 is 0. The van der Waals surface area contributed by atoms with Crippen molar-refractivity contribution in [2.45, 2.75) is 57.4 Å². The molecule has 1 N–H and O–H groups in total. The van der Waals surface area contributed by atoms with Crippen molar-refractivity contribution in [1.82, 2.24) is 5.32 Å². The van der Waals surface area contributed by atoms with Crippen molar-refractivity contribution < 1.29 is 4.74 Å². The molecule has 1 unspecified atom stereocenters. The van der Waals surface area contributed by atoms with E-state index in [9.17, 15) is 0 Å². The molecule has 0 bridgehead atoms. The molecule has 104 valence electrons. The number of aryl methyl sites for hydroxylation is 1. The lowest BCUT2D eigenvalue weighted by Gasteiger charge is -2.27. The minimum atomic E-state index is 0.649. The van der Waals surface area contributed by atoms with Crippen LogP contribution < -0.4 is 10.1 Å². The summed E-state index contributed by atoms with van der Waals surface area (Å²) in [6.07, 6.45) is 10.3. The predicted molar refractivity (Wildman–Crippen MR) is 79.0 cm³/mol. The molecule has 1 aliphatic heterocycles. The van der Waals surface area contributed by atoms with Crippen LogP contribution in [0.2, 0.25) is 0 Å². The van der Waals surface area contributed by atoms with Crippen molar-refractivity contribution in [2.24, 2.45) is 0 Å². The highest BCUT2D eigenvalue weighted by molar-refractivity contribution is 5.46. The van der Waals surface area contributed by atoms with Crippen molar-refractivity contribution in [3.05, 3.63) is 28.8 Å². The van der Waals surface area contributed by atoms with Gasteiger partial charge < -0.3 is 10.1 Å². The lowest BCUT2D eigenvalue weighted by Crippen LogP contribution is -2.36. The van der Waals surface area contributed by atoms with Crippen LogP contribution in [0, 0.1) is 0 Å². The monoisotopic (exact) mass is 259 g/mol. The summed E-state index contributed by atoms with van der Waals surface area (Å²) in [4.78, 5) is 0. The Morgan fingerprint density at radius 1 is 1.16 bits per heavy atom. The molecule has 1 aliphatic carbocycles. The molecule has 2 aliphatic rings. The number of piperidine rings is 1. The molecule has 0 spiro atoms. The lowest BCUT2D eigenvalue weighted by molar-refractivity contribution is 0.379. The van der Waals surface area contributed by atoms with Gasteiger partial charge >= 0.3 is 0 Å². The number of ether oxygens (including phenoxy) is 1. The predicted octanol–water partition coefficient (Wildman–Crippen LogP) is 3.26. The van der Waals surface area contributed by atoms with E-state index < -0.39 is 0 Å². The highest BCUT2D eigenvalue weighted by atomic mass is 16.5. The quantitative estimate of drug-likeness (QED) is 0.899. The number of fused-ring (bicyclic) bond motifs is 1. The van der Waals surface area contributed by atoms with Gasteiger partial charge in [-0.25, -0.2) is 0 Å². The Hall–Kier alpha value is -1.02. The topological polar surface area (TPSA) is 21.3 Å². The van der Waals surface area contributed by atoms with Crippen molar-refractivity contribution in [2.75, 3.05) is 13.7 Å². The maximum absolute atomic E-state index is 5.63. The van der Waals surface area contributed by atoms with E-state index in [1.54, 1.807) is 11.1 Å². The zero-order valence-electron chi connectivity index (χ0n) is 12.0. The lowest BCUT2D eigenvalue weighted by atomic mass is 9.84. The third kappa shape index (κ3) is 2.79. The average molecular weight is 259 g/mol. The number of methoxy groups -OCH3 is 1. The molecule has 1 heterocycles. The molecule has 19 heavy (non-hydrogen) atoms. The first-order valence-electron chi connectivity index (χ1n) is 7.79. The Balaban J connectivity index is 1.88. The normalized spacial score (nSPS) is 22.9. The van der Waals surface area contributed by atoms with Gasteiger partial charge in [-0.05, 0) is 74.2 Å². The summed E-state index contributed by atoms with van der Waals surface area (Å²) in [5.74, 6) is 1.10. The largest absolute Gasteiger partial charge is 0.496 e. The standard InChI is InChI=1S/C17H25NO/c1-19-17-10-9-13-6-2-3-8-15(13)16(17)12-14-7-4-5-11-18-14/h9-10,14,18H,2-8,11-12H2,1H3. The molecule has 2 heteroatoms. The molecule has 0 amide bonds. The maximum Gasteiger partial charge on any atom is 0.122 e. The summed E-state index contributed by atoms with van der Waals surface area (Å²) in [6.45, 7) is 1.18. The Bertz CT molecular complexity index is 435. The first-order chi connectivity index (χ1) is 9.38. The van der Waals surface area contributed by atoms with Gasteiger partial charge in [-0.15, -0.1) is 0 Å². The first kappa shape index (κ1) is 13.0.